The molecule has 0 aromatic heterocycles. The number of imide groups is 2. The van der Waals surface area contributed by atoms with Crippen molar-refractivity contribution in [1.82, 2.24) is 19.6 Å². The smallest absolute Gasteiger partial charge is 0.480 e. The lowest BCUT2D eigenvalue weighted by Gasteiger charge is -2.35. The summed E-state index contributed by atoms with van der Waals surface area (Å²) in [5.41, 5.74) is 5.16. The average molecular weight is 632 g/mol. The predicted molar refractivity (Wildman–Crippen MR) is 151 cm³/mol. The Morgan fingerprint density at radius 1 is 0.659 bits per heavy atom. The number of nitrogens with two attached hydrogens (primary N) is 1. The number of ether oxygens (including phenoxy) is 4. The normalized spacial score (nSPS) is 17.0. The number of carbonyl (C=O) groups is 7. The number of aliphatic carboxylic acids is 1. The third-order valence-corrected chi connectivity index (χ3v) is 6.07. The van der Waals surface area contributed by atoms with Crippen molar-refractivity contribution in [3.05, 3.63) is 0 Å². The van der Waals surface area contributed by atoms with Crippen LogP contribution in [0.25, 0.3) is 0 Å². The van der Waals surface area contributed by atoms with Crippen molar-refractivity contribution in [2.75, 3.05) is 65.9 Å². The molecule has 44 heavy (non-hydrogen) atoms. The number of hydrogen-bond donors (Lipinski definition) is 2. The fourth-order valence-corrected chi connectivity index (χ4v) is 3.46. The first kappa shape index (κ1) is 38.2. The van der Waals surface area contributed by atoms with Crippen molar-refractivity contribution in [2.45, 2.75) is 47.6 Å². The van der Waals surface area contributed by atoms with Crippen LogP contribution in [0.2, 0.25) is 0 Å². The molecule has 0 aromatic carbocycles. The zero-order valence-corrected chi connectivity index (χ0v) is 26.2. The number of carboxylic acids is 1. The molecule has 1 atom stereocenters. The zero-order valence-electron chi connectivity index (χ0n) is 26.2. The highest BCUT2D eigenvalue weighted by atomic mass is 16.7. The first-order chi connectivity index (χ1) is 20.5. The van der Waals surface area contributed by atoms with Gasteiger partial charge in [-0.15, -0.1) is 0 Å². The molecule has 0 unspecified atom stereocenters. The van der Waals surface area contributed by atoms with Crippen LogP contribution < -0.4 is 5.73 Å². The maximum absolute atomic E-state index is 12.4. The minimum Gasteiger partial charge on any atom is -0.480 e. The van der Waals surface area contributed by atoms with Crippen molar-refractivity contribution in [3.63, 3.8) is 0 Å². The summed E-state index contributed by atoms with van der Waals surface area (Å²) in [5, 5.41) is 8.23. The zero-order chi connectivity index (χ0) is 33.6. The third kappa shape index (κ3) is 14.1. The number of amides is 4. The maximum atomic E-state index is 12.4. The summed E-state index contributed by atoms with van der Waals surface area (Å²) in [4.78, 5) is 87.4. The highest BCUT2D eigenvalue weighted by Crippen LogP contribution is 2.09. The molecule has 0 aliphatic carbocycles. The van der Waals surface area contributed by atoms with Gasteiger partial charge in [0.2, 0.25) is 23.6 Å². The maximum Gasteiger partial charge on any atom is 0.510 e. The van der Waals surface area contributed by atoms with Crippen LogP contribution in [0.5, 0.6) is 0 Å². The molecule has 2 fully saturated rings. The first-order valence-electron chi connectivity index (χ1n) is 14.2. The summed E-state index contributed by atoms with van der Waals surface area (Å²) in [6.45, 7) is 10.4. The Kier molecular flexibility index (Phi) is 16.3. The molecule has 3 N–H and O–H groups in total. The summed E-state index contributed by atoms with van der Waals surface area (Å²) in [6.07, 6.45) is -1.92. The molecule has 17 nitrogen and oxygen atoms in total. The van der Waals surface area contributed by atoms with E-state index in [4.69, 9.17) is 29.8 Å². The number of hydrogen-bond acceptors (Lipinski definition) is 14. The summed E-state index contributed by atoms with van der Waals surface area (Å²) < 4.78 is 19.4. The van der Waals surface area contributed by atoms with Gasteiger partial charge in [-0.1, -0.05) is 41.5 Å². The van der Waals surface area contributed by atoms with Crippen LogP contribution in [-0.4, -0.2) is 139 Å². The van der Waals surface area contributed by atoms with Crippen LogP contribution in [0.3, 0.4) is 0 Å². The van der Waals surface area contributed by atoms with E-state index in [9.17, 15) is 33.6 Å². The molecule has 2 saturated heterocycles. The summed E-state index contributed by atoms with van der Waals surface area (Å²) in [6, 6.07) is -0.713. The van der Waals surface area contributed by atoms with Gasteiger partial charge in [-0.05, 0) is 17.8 Å². The molecule has 4 amide bonds. The van der Waals surface area contributed by atoms with Gasteiger partial charge in [0.1, 0.15) is 6.04 Å². The second-order valence-electron chi connectivity index (χ2n) is 11.4. The standard InChI is InChI=1S/C22H34N4O10.C5H11NO2/c1-15(2)11-33-21(31)35-13-25-17(27)7-23(8-18(25)28)5-6-24-9-19(29)26(20(30)10-24)14-36-22(32)34-12-16(3)4;1-3(2)4(6)5(7)8/h15-16H,5-14H2,1-4H3;3-4H,6H2,1-2H3,(H,7,8)/t;4-/m.0/s1. The Labute approximate surface area is 256 Å². The first-order valence-corrected chi connectivity index (χ1v) is 14.2. The molecule has 2 rings (SSSR count). The van der Waals surface area contributed by atoms with Crippen LogP contribution in [0, 0.1) is 17.8 Å². The number of nitrogens with zero attached hydrogens (tertiary/aromatic N) is 4. The number of rotatable bonds is 13. The third-order valence-electron chi connectivity index (χ3n) is 6.07. The molecule has 2 heterocycles. The van der Waals surface area contributed by atoms with Crippen molar-refractivity contribution in [2.24, 2.45) is 23.5 Å². The van der Waals surface area contributed by atoms with Gasteiger partial charge in [0.25, 0.3) is 0 Å². The van der Waals surface area contributed by atoms with Crippen molar-refractivity contribution < 1.29 is 57.6 Å². The average Bonchev–Trinajstić information content (AvgIpc) is 2.92. The Morgan fingerprint density at radius 2 is 0.977 bits per heavy atom. The fraction of sp³-hybridized carbons (Fsp3) is 0.741. The van der Waals surface area contributed by atoms with Gasteiger partial charge in [-0.2, -0.15) is 0 Å². The summed E-state index contributed by atoms with van der Waals surface area (Å²) >= 11 is 0. The summed E-state index contributed by atoms with van der Waals surface area (Å²) in [5.74, 6) is -2.84. The monoisotopic (exact) mass is 631 g/mol. The topological polar surface area (TPSA) is 216 Å². The van der Waals surface area contributed by atoms with E-state index in [1.165, 1.54) is 0 Å². The molecular weight excluding hydrogens is 586 g/mol. The van der Waals surface area contributed by atoms with Gasteiger partial charge in [-0.3, -0.25) is 33.8 Å². The van der Waals surface area contributed by atoms with E-state index < -0.39 is 61.4 Å². The molecule has 0 saturated carbocycles. The van der Waals surface area contributed by atoms with Gasteiger partial charge in [0.05, 0.1) is 39.4 Å². The SMILES string of the molecule is CC(C)COC(=O)OCN1C(=O)CN(CCN2CC(=O)N(COC(=O)OCC(C)C)C(=O)C2)CC1=O.CC(C)[C@H](N)C(=O)O. The minimum absolute atomic E-state index is 0.0208. The number of piperazine rings is 2. The van der Waals surface area contributed by atoms with E-state index in [1.807, 2.05) is 27.7 Å². The van der Waals surface area contributed by atoms with Crippen LogP contribution >= 0.6 is 0 Å². The quantitative estimate of drug-likeness (QED) is 0.201. The lowest BCUT2D eigenvalue weighted by Crippen LogP contribution is -2.58. The van der Waals surface area contributed by atoms with Crippen LogP contribution in [-0.2, 0) is 42.9 Å². The Bertz CT molecular complexity index is 931. The van der Waals surface area contributed by atoms with Gasteiger partial charge in [0.15, 0.2) is 13.5 Å². The molecular formula is C27H45N5O12. The molecule has 0 bridgehead atoms. The highest BCUT2D eigenvalue weighted by molar-refractivity contribution is 6.00. The summed E-state index contributed by atoms with van der Waals surface area (Å²) in [7, 11) is 0. The fourth-order valence-electron chi connectivity index (χ4n) is 3.46. The van der Waals surface area contributed by atoms with Crippen molar-refractivity contribution in [1.29, 1.82) is 0 Å². The lowest BCUT2D eigenvalue weighted by molar-refractivity contribution is -0.159. The Balaban J connectivity index is 0.00000106. The molecule has 2 aliphatic heterocycles. The van der Waals surface area contributed by atoms with Gasteiger partial charge < -0.3 is 29.8 Å². The molecule has 0 aromatic rings. The van der Waals surface area contributed by atoms with Crippen LogP contribution in [0.4, 0.5) is 9.59 Å². The molecule has 17 heteroatoms. The van der Waals surface area contributed by atoms with Gasteiger partial charge >= 0.3 is 18.3 Å². The van der Waals surface area contributed by atoms with Crippen molar-refractivity contribution >= 4 is 41.9 Å². The van der Waals surface area contributed by atoms with E-state index >= 15 is 0 Å². The van der Waals surface area contributed by atoms with Gasteiger partial charge in [0, 0.05) is 13.1 Å². The van der Waals surface area contributed by atoms with E-state index in [1.54, 1.807) is 23.6 Å². The predicted octanol–water partition coefficient (Wildman–Crippen LogP) is -0.0843. The lowest BCUT2D eigenvalue weighted by atomic mass is 10.1. The second kappa shape index (κ2) is 18.7. The van der Waals surface area contributed by atoms with E-state index in [2.05, 4.69) is 0 Å². The van der Waals surface area contributed by atoms with Crippen LogP contribution in [0.15, 0.2) is 0 Å². The second-order valence-corrected chi connectivity index (χ2v) is 11.4. The largest absolute Gasteiger partial charge is 0.510 e. The Hall–Kier alpha value is -3.83. The van der Waals surface area contributed by atoms with Gasteiger partial charge in [-0.25, -0.2) is 19.4 Å². The van der Waals surface area contributed by atoms with Crippen molar-refractivity contribution in [3.8, 4) is 0 Å². The Morgan fingerprint density at radius 3 is 1.20 bits per heavy atom. The molecule has 0 spiro atoms. The van der Waals surface area contributed by atoms with E-state index in [0.717, 1.165) is 9.80 Å². The molecule has 0 radical (unpaired) electrons. The van der Waals surface area contributed by atoms with E-state index in [0.29, 0.717) is 0 Å². The number of carboxylic acid groups (broad SMARTS) is 1. The molecule has 250 valence electrons. The molecule has 2 aliphatic rings. The number of carbonyl (C=O) groups excluding carboxylic acids is 6. The van der Waals surface area contributed by atoms with Crippen LogP contribution in [0.1, 0.15) is 41.5 Å². The van der Waals surface area contributed by atoms with E-state index in [-0.39, 0.29) is 70.2 Å². The minimum atomic E-state index is -0.960. The highest BCUT2D eigenvalue weighted by Gasteiger charge is 2.34.